The van der Waals surface area contributed by atoms with E-state index in [9.17, 15) is 0 Å². The van der Waals surface area contributed by atoms with Gasteiger partial charge in [-0.1, -0.05) is 42.1 Å². The molecule has 4 aromatic rings. The largest absolute Gasteiger partial charge is 0.494 e. The summed E-state index contributed by atoms with van der Waals surface area (Å²) in [6, 6.07) is 20.9. The van der Waals surface area contributed by atoms with Gasteiger partial charge in [0.15, 0.2) is 10.9 Å². The van der Waals surface area contributed by atoms with Crippen LogP contribution >= 0.6 is 23.5 Å². The average Bonchev–Trinajstić information content (AvgIpc) is 3.34. The SMILES string of the molecule is COc1c(SCCCN2CCN(c3ccccc3)CC2)ccnc1CSc1nc2ccccc2[nH]1. The summed E-state index contributed by atoms with van der Waals surface area (Å²) in [6.45, 7) is 5.59. The molecule has 0 amide bonds. The molecular weight excluding hydrogens is 474 g/mol. The van der Waals surface area contributed by atoms with E-state index in [0.29, 0.717) is 5.75 Å². The minimum absolute atomic E-state index is 0.711. The Bertz CT molecular complexity index is 1190. The molecule has 5 rings (SSSR count). The minimum Gasteiger partial charge on any atom is -0.494 e. The van der Waals surface area contributed by atoms with Crippen molar-refractivity contribution in [2.45, 2.75) is 22.2 Å². The van der Waals surface area contributed by atoms with Crippen molar-refractivity contribution in [3.63, 3.8) is 0 Å². The van der Waals surface area contributed by atoms with E-state index in [2.05, 4.69) is 61.1 Å². The molecular formula is C27H31N5OS2. The number of aromatic nitrogens is 3. The fourth-order valence-electron chi connectivity index (χ4n) is 4.38. The first kappa shape index (κ1) is 24.0. The number of benzene rings is 2. The molecule has 182 valence electrons. The summed E-state index contributed by atoms with van der Waals surface area (Å²) in [5, 5.41) is 0.903. The predicted octanol–water partition coefficient (Wildman–Crippen LogP) is 5.56. The summed E-state index contributed by atoms with van der Waals surface area (Å²) < 4.78 is 5.78. The van der Waals surface area contributed by atoms with Crippen LogP contribution in [0.2, 0.25) is 0 Å². The molecule has 1 saturated heterocycles. The van der Waals surface area contributed by atoms with Gasteiger partial charge in [-0.25, -0.2) is 4.98 Å². The molecule has 0 unspecified atom stereocenters. The minimum atomic E-state index is 0.711. The van der Waals surface area contributed by atoms with E-state index < -0.39 is 0 Å². The molecule has 6 nitrogen and oxygen atoms in total. The van der Waals surface area contributed by atoms with E-state index in [-0.39, 0.29) is 0 Å². The normalized spacial score (nSPS) is 14.5. The molecule has 0 bridgehead atoms. The molecule has 0 aliphatic carbocycles. The van der Waals surface area contributed by atoms with Crippen molar-refractivity contribution in [2.24, 2.45) is 0 Å². The Morgan fingerprint density at radius 2 is 1.74 bits per heavy atom. The standard InChI is InChI=1S/C27H31N5OS2/c1-33-26-24(20-35-27-29-22-10-5-6-11-23(22)30-27)28-13-12-25(26)34-19-7-14-31-15-17-32(18-16-31)21-8-3-2-4-9-21/h2-6,8-13H,7,14-20H2,1H3,(H,29,30). The Labute approximate surface area is 215 Å². The molecule has 1 aliphatic rings. The van der Waals surface area contributed by atoms with Gasteiger partial charge in [0.25, 0.3) is 0 Å². The Morgan fingerprint density at radius 1 is 0.943 bits per heavy atom. The van der Waals surface area contributed by atoms with Gasteiger partial charge in [0.05, 0.1) is 28.7 Å². The molecule has 1 N–H and O–H groups in total. The van der Waals surface area contributed by atoms with Gasteiger partial charge in [-0.05, 0) is 49.1 Å². The highest BCUT2D eigenvalue weighted by Gasteiger charge is 2.17. The second-order valence-corrected chi connectivity index (χ2v) is 10.6. The van der Waals surface area contributed by atoms with Gasteiger partial charge >= 0.3 is 0 Å². The second-order valence-electron chi connectivity index (χ2n) is 8.50. The third-order valence-electron chi connectivity index (χ3n) is 6.23. The molecule has 0 saturated carbocycles. The van der Waals surface area contributed by atoms with Gasteiger partial charge in [-0.3, -0.25) is 9.88 Å². The number of imidazole rings is 1. The van der Waals surface area contributed by atoms with Crippen molar-refractivity contribution in [3.05, 3.63) is 72.6 Å². The van der Waals surface area contributed by atoms with Crippen LogP contribution in [0.25, 0.3) is 11.0 Å². The van der Waals surface area contributed by atoms with Crippen LogP contribution in [-0.2, 0) is 5.75 Å². The van der Waals surface area contributed by atoms with Crippen LogP contribution in [0.3, 0.4) is 0 Å². The first-order valence-corrected chi connectivity index (χ1v) is 14.0. The lowest BCUT2D eigenvalue weighted by Crippen LogP contribution is -2.46. The molecule has 2 aromatic heterocycles. The highest BCUT2D eigenvalue weighted by molar-refractivity contribution is 7.99. The highest BCUT2D eigenvalue weighted by Crippen LogP contribution is 2.34. The number of thioether (sulfide) groups is 2. The zero-order valence-corrected chi connectivity index (χ0v) is 21.7. The number of piperazine rings is 1. The zero-order valence-electron chi connectivity index (χ0n) is 20.0. The third kappa shape index (κ3) is 6.12. The molecule has 3 heterocycles. The number of nitrogens with zero attached hydrogens (tertiary/aromatic N) is 4. The van der Waals surface area contributed by atoms with Crippen LogP contribution < -0.4 is 9.64 Å². The Hall–Kier alpha value is -2.68. The number of methoxy groups -OCH3 is 1. The summed E-state index contributed by atoms with van der Waals surface area (Å²) in [7, 11) is 1.74. The summed E-state index contributed by atoms with van der Waals surface area (Å²) in [5.74, 6) is 2.66. The van der Waals surface area contributed by atoms with Crippen LogP contribution in [0.4, 0.5) is 5.69 Å². The number of H-pyrrole nitrogens is 1. The van der Waals surface area contributed by atoms with Crippen molar-refractivity contribution in [1.29, 1.82) is 0 Å². The maximum Gasteiger partial charge on any atom is 0.166 e. The monoisotopic (exact) mass is 505 g/mol. The quantitative estimate of drug-likeness (QED) is 0.224. The Kier molecular flexibility index (Phi) is 8.13. The van der Waals surface area contributed by atoms with Crippen molar-refractivity contribution in [2.75, 3.05) is 50.5 Å². The van der Waals surface area contributed by atoms with E-state index in [1.165, 1.54) is 5.69 Å². The molecule has 0 atom stereocenters. The Morgan fingerprint density at radius 3 is 2.54 bits per heavy atom. The van der Waals surface area contributed by atoms with Gasteiger partial charge in [-0.15, -0.1) is 11.8 Å². The van der Waals surface area contributed by atoms with Crippen LogP contribution in [0.5, 0.6) is 5.75 Å². The van der Waals surface area contributed by atoms with E-state index >= 15 is 0 Å². The summed E-state index contributed by atoms with van der Waals surface area (Å²) in [6.07, 6.45) is 3.05. The maximum atomic E-state index is 5.78. The molecule has 0 radical (unpaired) electrons. The topological polar surface area (TPSA) is 57.3 Å². The lowest BCUT2D eigenvalue weighted by atomic mass is 10.2. The van der Waals surface area contributed by atoms with Gasteiger partial charge in [0, 0.05) is 43.8 Å². The van der Waals surface area contributed by atoms with Crippen LogP contribution in [-0.4, -0.2) is 65.4 Å². The average molecular weight is 506 g/mol. The molecule has 8 heteroatoms. The van der Waals surface area contributed by atoms with E-state index in [1.54, 1.807) is 18.9 Å². The lowest BCUT2D eigenvalue weighted by Gasteiger charge is -2.36. The number of ether oxygens (including phenoxy) is 1. The lowest BCUT2D eigenvalue weighted by molar-refractivity contribution is 0.259. The van der Waals surface area contributed by atoms with Gasteiger partial charge in [0.1, 0.15) is 0 Å². The van der Waals surface area contributed by atoms with E-state index in [1.807, 2.05) is 42.2 Å². The van der Waals surface area contributed by atoms with Crippen LogP contribution in [0.1, 0.15) is 12.1 Å². The fourth-order valence-corrected chi connectivity index (χ4v) is 6.19. The highest BCUT2D eigenvalue weighted by atomic mass is 32.2. The molecule has 0 spiro atoms. The van der Waals surface area contributed by atoms with Crippen molar-refractivity contribution < 1.29 is 4.74 Å². The first-order valence-electron chi connectivity index (χ1n) is 12.0. The zero-order chi connectivity index (χ0) is 23.9. The van der Waals surface area contributed by atoms with Gasteiger partial charge < -0.3 is 14.6 Å². The van der Waals surface area contributed by atoms with Crippen LogP contribution in [0, 0.1) is 0 Å². The van der Waals surface area contributed by atoms with Crippen LogP contribution in [0.15, 0.2) is 76.9 Å². The number of pyridine rings is 1. The first-order chi connectivity index (χ1) is 17.3. The fraction of sp³-hybridized carbons (Fsp3) is 0.333. The molecule has 2 aromatic carbocycles. The summed E-state index contributed by atoms with van der Waals surface area (Å²) in [5.41, 5.74) is 4.34. The second kappa shape index (κ2) is 11.8. The number of fused-ring (bicyclic) bond motifs is 1. The van der Waals surface area contributed by atoms with Gasteiger partial charge in [0.2, 0.25) is 0 Å². The van der Waals surface area contributed by atoms with E-state index in [0.717, 1.165) is 77.4 Å². The number of rotatable bonds is 10. The molecule has 35 heavy (non-hydrogen) atoms. The maximum absolute atomic E-state index is 5.78. The number of nitrogens with one attached hydrogen (secondary N) is 1. The predicted molar refractivity (Wildman–Crippen MR) is 147 cm³/mol. The van der Waals surface area contributed by atoms with Crippen molar-refractivity contribution in [1.82, 2.24) is 19.9 Å². The van der Waals surface area contributed by atoms with Gasteiger partial charge in [-0.2, -0.15) is 0 Å². The number of aromatic amines is 1. The van der Waals surface area contributed by atoms with Crippen molar-refractivity contribution in [3.8, 4) is 5.75 Å². The summed E-state index contributed by atoms with van der Waals surface area (Å²) in [4.78, 5) is 18.9. The molecule has 1 aliphatic heterocycles. The number of hydrogen-bond donors (Lipinski definition) is 1. The Balaban J connectivity index is 1.09. The molecule has 1 fully saturated rings. The summed E-state index contributed by atoms with van der Waals surface area (Å²) >= 11 is 3.52. The smallest absolute Gasteiger partial charge is 0.166 e. The third-order valence-corrected chi connectivity index (χ3v) is 8.24. The van der Waals surface area contributed by atoms with E-state index in [4.69, 9.17) is 4.74 Å². The number of anilines is 1. The van der Waals surface area contributed by atoms with Crippen molar-refractivity contribution >= 4 is 40.2 Å². The number of hydrogen-bond acceptors (Lipinski definition) is 7. The number of para-hydroxylation sites is 3.